The molecule has 2 atom stereocenters. The zero-order valence-corrected chi connectivity index (χ0v) is 42.5. The molecule has 0 heterocycles. The first-order valence-corrected chi connectivity index (χ1v) is 27.7. The van der Waals surface area contributed by atoms with Gasteiger partial charge in [0.05, 0.1) is 34.4 Å². The average molecular weight is 896 g/mol. The molecule has 0 N–H and O–H groups in total. The van der Waals surface area contributed by atoms with Crippen LogP contribution in [0.4, 0.5) is 0 Å². The predicted octanol–water partition coefficient (Wildman–Crippen LogP) is 15.5. The molecule has 0 saturated carbocycles. The molecule has 0 saturated heterocycles. The highest BCUT2D eigenvalue weighted by Gasteiger charge is 2.20. The van der Waals surface area contributed by atoms with Crippen molar-refractivity contribution in [2.45, 2.75) is 245 Å². The van der Waals surface area contributed by atoms with Gasteiger partial charge in [-0.1, -0.05) is 217 Å². The van der Waals surface area contributed by atoms with E-state index in [0.29, 0.717) is 24.1 Å². The Labute approximate surface area is 385 Å². The Hall–Kier alpha value is -1.28. The van der Waals surface area contributed by atoms with Crippen LogP contribution in [-0.4, -0.2) is 70.7 Å². The molecular formula is C53H102NO7P. The number of rotatable bonds is 49. The summed E-state index contributed by atoms with van der Waals surface area (Å²) in [6, 6.07) is 0. The topological polar surface area (TPSA) is 94.1 Å². The zero-order valence-electron chi connectivity index (χ0n) is 41.6. The number of carbonyl (C=O) groups is 1. The first kappa shape index (κ1) is 60.7. The fourth-order valence-corrected chi connectivity index (χ4v) is 8.11. The minimum atomic E-state index is -4.53. The summed E-state index contributed by atoms with van der Waals surface area (Å²) in [7, 11) is 1.36. The standard InChI is InChI=1S/C53H102NO7P/c1-6-8-10-12-14-16-18-20-22-23-24-25-26-27-28-29-30-31-32-33-35-37-39-41-43-45-48-58-50-52(51-60-62(56,57)59-49-47-54(3,4)5)61-53(55)46-44-42-40-38-36-34-21-19-17-15-13-11-9-7-2/h18,20,23-24,26-27,52H,6-17,19,21-22,25,28-51H2,1-5H3/b20-18-,24-23-,27-26-. The number of esters is 1. The van der Waals surface area contributed by atoms with Gasteiger partial charge < -0.3 is 27.9 Å². The molecule has 366 valence electrons. The summed E-state index contributed by atoms with van der Waals surface area (Å²) < 4.78 is 34.7. The number of phosphoric ester groups is 1. The Morgan fingerprint density at radius 1 is 0.500 bits per heavy atom. The Morgan fingerprint density at radius 2 is 0.887 bits per heavy atom. The number of ether oxygens (including phenoxy) is 2. The van der Waals surface area contributed by atoms with E-state index in [2.05, 4.69) is 50.3 Å². The molecule has 0 amide bonds. The van der Waals surface area contributed by atoms with Crippen molar-refractivity contribution in [3.63, 3.8) is 0 Å². The average Bonchev–Trinajstić information content (AvgIpc) is 3.23. The third kappa shape index (κ3) is 49.7. The largest absolute Gasteiger partial charge is 0.756 e. The van der Waals surface area contributed by atoms with Crippen molar-refractivity contribution in [1.29, 1.82) is 0 Å². The third-order valence-corrected chi connectivity index (χ3v) is 12.4. The lowest BCUT2D eigenvalue weighted by Crippen LogP contribution is -2.37. The van der Waals surface area contributed by atoms with Gasteiger partial charge in [0, 0.05) is 13.0 Å². The van der Waals surface area contributed by atoms with Crippen LogP contribution in [0.1, 0.15) is 239 Å². The minimum absolute atomic E-state index is 0.0270. The van der Waals surface area contributed by atoms with E-state index in [1.165, 1.54) is 173 Å². The summed E-state index contributed by atoms with van der Waals surface area (Å²) in [5, 5.41) is 0. The van der Waals surface area contributed by atoms with Gasteiger partial charge in [-0.25, -0.2) is 0 Å². The molecule has 0 aliphatic heterocycles. The fraction of sp³-hybridized carbons (Fsp3) is 0.868. The molecule has 9 heteroatoms. The van der Waals surface area contributed by atoms with Gasteiger partial charge in [0.2, 0.25) is 0 Å². The van der Waals surface area contributed by atoms with Crippen molar-refractivity contribution in [1.82, 2.24) is 0 Å². The van der Waals surface area contributed by atoms with Gasteiger partial charge in [0.1, 0.15) is 19.3 Å². The highest BCUT2D eigenvalue weighted by Crippen LogP contribution is 2.38. The second-order valence-electron chi connectivity index (χ2n) is 18.9. The van der Waals surface area contributed by atoms with Crippen LogP contribution in [0.15, 0.2) is 36.5 Å². The maximum absolute atomic E-state index is 12.7. The molecule has 0 aromatic rings. The molecule has 0 spiro atoms. The second-order valence-corrected chi connectivity index (χ2v) is 20.3. The van der Waals surface area contributed by atoms with E-state index < -0.39 is 13.9 Å². The molecule has 2 unspecified atom stereocenters. The monoisotopic (exact) mass is 896 g/mol. The Kier molecular flexibility index (Phi) is 45.3. The predicted molar refractivity (Wildman–Crippen MR) is 263 cm³/mol. The van der Waals surface area contributed by atoms with E-state index in [1.54, 1.807) is 0 Å². The lowest BCUT2D eigenvalue weighted by atomic mass is 10.0. The number of likely N-dealkylation sites (N-methyl/N-ethyl adjacent to an activating group) is 1. The molecule has 0 bridgehead atoms. The van der Waals surface area contributed by atoms with Crippen molar-refractivity contribution in [3.8, 4) is 0 Å². The quantitative estimate of drug-likeness (QED) is 0.0197. The smallest absolute Gasteiger partial charge is 0.306 e. The summed E-state index contributed by atoms with van der Waals surface area (Å²) in [6.45, 7) is 5.43. The Bertz CT molecular complexity index is 1090. The first-order chi connectivity index (χ1) is 30.1. The van der Waals surface area contributed by atoms with Gasteiger partial charge in [0.25, 0.3) is 7.82 Å². The second kappa shape index (κ2) is 46.3. The van der Waals surface area contributed by atoms with E-state index in [1.807, 2.05) is 21.1 Å². The lowest BCUT2D eigenvalue weighted by Gasteiger charge is -2.28. The van der Waals surface area contributed by atoms with Crippen LogP contribution < -0.4 is 4.89 Å². The molecule has 0 aromatic heterocycles. The Balaban J connectivity index is 4.06. The molecular weight excluding hydrogens is 794 g/mol. The minimum Gasteiger partial charge on any atom is -0.756 e. The van der Waals surface area contributed by atoms with E-state index in [4.69, 9.17) is 18.5 Å². The normalized spacial score (nSPS) is 13.8. The Morgan fingerprint density at radius 3 is 1.32 bits per heavy atom. The van der Waals surface area contributed by atoms with Crippen LogP contribution >= 0.6 is 7.82 Å². The van der Waals surface area contributed by atoms with E-state index in [0.717, 1.165) is 44.9 Å². The van der Waals surface area contributed by atoms with Crippen molar-refractivity contribution in [2.75, 3.05) is 54.1 Å². The van der Waals surface area contributed by atoms with Crippen molar-refractivity contribution < 1.29 is 37.3 Å². The molecule has 0 rings (SSSR count). The number of carbonyl (C=O) groups excluding carboxylic acids is 1. The van der Waals surface area contributed by atoms with Gasteiger partial charge in [-0.2, -0.15) is 0 Å². The summed E-state index contributed by atoms with van der Waals surface area (Å²) in [5.74, 6) is -0.332. The van der Waals surface area contributed by atoms with E-state index in [-0.39, 0.29) is 25.8 Å². The van der Waals surface area contributed by atoms with Crippen LogP contribution in [0.2, 0.25) is 0 Å². The number of hydrogen-bond acceptors (Lipinski definition) is 7. The van der Waals surface area contributed by atoms with E-state index >= 15 is 0 Å². The van der Waals surface area contributed by atoms with Crippen LogP contribution in [-0.2, 0) is 27.9 Å². The molecule has 0 aliphatic carbocycles. The van der Waals surface area contributed by atoms with Crippen molar-refractivity contribution in [3.05, 3.63) is 36.5 Å². The fourth-order valence-electron chi connectivity index (χ4n) is 7.38. The number of hydrogen-bond donors (Lipinski definition) is 0. The number of allylic oxidation sites excluding steroid dienone is 6. The molecule has 0 radical (unpaired) electrons. The molecule has 0 fully saturated rings. The summed E-state index contributed by atoms with van der Waals surface area (Å²) in [4.78, 5) is 25.1. The highest BCUT2D eigenvalue weighted by atomic mass is 31.2. The van der Waals surface area contributed by atoms with Crippen LogP contribution in [0, 0.1) is 0 Å². The van der Waals surface area contributed by atoms with Gasteiger partial charge in [-0.15, -0.1) is 0 Å². The van der Waals surface area contributed by atoms with Crippen molar-refractivity contribution in [2.24, 2.45) is 0 Å². The SMILES string of the molecule is CCCCCCC/C=C\C/C=C\C/C=C\CCCCCCCCCCCCCOCC(COP(=O)([O-])OCC[N+](C)(C)C)OC(=O)CCCCCCCCCCCCCCCC. The highest BCUT2D eigenvalue weighted by molar-refractivity contribution is 7.45. The number of quaternary nitrogens is 1. The van der Waals surface area contributed by atoms with Gasteiger partial charge in [0.15, 0.2) is 0 Å². The van der Waals surface area contributed by atoms with Crippen LogP contribution in [0.5, 0.6) is 0 Å². The zero-order chi connectivity index (χ0) is 45.5. The summed E-state index contributed by atoms with van der Waals surface area (Å²) >= 11 is 0. The maximum atomic E-state index is 12.7. The van der Waals surface area contributed by atoms with Crippen LogP contribution in [0.25, 0.3) is 0 Å². The van der Waals surface area contributed by atoms with Gasteiger partial charge in [-0.3, -0.25) is 9.36 Å². The first-order valence-electron chi connectivity index (χ1n) is 26.2. The van der Waals surface area contributed by atoms with Crippen LogP contribution in [0.3, 0.4) is 0 Å². The molecule has 0 aliphatic rings. The van der Waals surface area contributed by atoms with E-state index in [9.17, 15) is 14.3 Å². The maximum Gasteiger partial charge on any atom is 0.306 e. The summed E-state index contributed by atoms with van der Waals surface area (Å²) in [6.07, 6.45) is 56.0. The molecule has 8 nitrogen and oxygen atoms in total. The number of nitrogens with zero attached hydrogens (tertiary/aromatic N) is 1. The molecule has 0 aromatic carbocycles. The number of phosphoric acid groups is 1. The number of unbranched alkanes of at least 4 members (excludes halogenated alkanes) is 29. The van der Waals surface area contributed by atoms with Gasteiger partial charge >= 0.3 is 5.97 Å². The summed E-state index contributed by atoms with van der Waals surface area (Å²) in [5.41, 5.74) is 0. The van der Waals surface area contributed by atoms with Gasteiger partial charge in [-0.05, 0) is 51.4 Å². The lowest BCUT2D eigenvalue weighted by molar-refractivity contribution is -0.870. The molecule has 62 heavy (non-hydrogen) atoms. The third-order valence-electron chi connectivity index (χ3n) is 11.4. The van der Waals surface area contributed by atoms with Crippen molar-refractivity contribution >= 4 is 13.8 Å².